The average molecular weight is 333 g/mol. The monoisotopic (exact) mass is 333 g/mol. The van der Waals surface area contributed by atoms with Crippen LogP contribution in [0.25, 0.3) is 0 Å². The second-order valence-electron chi connectivity index (χ2n) is 5.37. The van der Waals surface area contributed by atoms with Crippen LogP contribution in [0.4, 0.5) is 5.69 Å². The second kappa shape index (κ2) is 6.83. The number of benzene rings is 2. The number of nitrogens with one attached hydrogen (secondary N) is 1. The van der Waals surface area contributed by atoms with Crippen molar-refractivity contribution in [2.75, 3.05) is 4.72 Å². The highest BCUT2D eigenvalue weighted by Crippen LogP contribution is 2.22. The van der Waals surface area contributed by atoms with E-state index in [2.05, 4.69) is 18.6 Å². The highest BCUT2D eigenvalue weighted by molar-refractivity contribution is 7.92. The molecule has 122 valence electrons. The maximum absolute atomic E-state index is 12.3. The van der Waals surface area contributed by atoms with Crippen molar-refractivity contribution < 1.29 is 18.3 Å². The molecule has 0 saturated carbocycles. The summed E-state index contributed by atoms with van der Waals surface area (Å²) in [6.07, 6.45) is 1.01. The van der Waals surface area contributed by atoms with Crippen LogP contribution in [0.5, 0.6) is 0 Å². The van der Waals surface area contributed by atoms with E-state index in [1.165, 1.54) is 18.2 Å². The van der Waals surface area contributed by atoms with Crippen molar-refractivity contribution in [3.8, 4) is 0 Å². The quantitative estimate of drug-likeness (QED) is 0.844. The summed E-state index contributed by atoms with van der Waals surface area (Å²) >= 11 is 0. The van der Waals surface area contributed by atoms with Gasteiger partial charge in [-0.15, -0.1) is 0 Å². The number of carbonyl (C=O) groups is 1. The molecule has 0 fully saturated rings. The Kier molecular flexibility index (Phi) is 5.05. The third-order valence-corrected chi connectivity index (χ3v) is 5.11. The molecule has 0 radical (unpaired) electrons. The fourth-order valence-electron chi connectivity index (χ4n) is 2.13. The Labute approximate surface area is 136 Å². The highest BCUT2D eigenvalue weighted by Gasteiger charge is 2.16. The minimum Gasteiger partial charge on any atom is -0.478 e. The molecule has 23 heavy (non-hydrogen) atoms. The third-order valence-electron chi connectivity index (χ3n) is 3.74. The molecule has 0 bridgehead atoms. The summed E-state index contributed by atoms with van der Waals surface area (Å²) in [4.78, 5) is 10.9. The number of hydrogen-bond acceptors (Lipinski definition) is 3. The van der Waals surface area contributed by atoms with Crippen LogP contribution in [0.3, 0.4) is 0 Å². The van der Waals surface area contributed by atoms with Gasteiger partial charge in [0.05, 0.1) is 10.5 Å². The van der Waals surface area contributed by atoms with Crippen molar-refractivity contribution in [1.29, 1.82) is 0 Å². The summed E-state index contributed by atoms with van der Waals surface area (Å²) in [7, 11) is -3.82. The molecule has 0 aliphatic heterocycles. The molecule has 0 aliphatic carbocycles. The largest absolute Gasteiger partial charge is 0.478 e. The molecule has 0 unspecified atom stereocenters. The number of sulfonamides is 1. The summed E-state index contributed by atoms with van der Waals surface area (Å²) in [6.45, 7) is 4.20. The molecule has 0 heterocycles. The molecule has 2 rings (SSSR count). The van der Waals surface area contributed by atoms with Crippen molar-refractivity contribution in [3.05, 3.63) is 59.7 Å². The van der Waals surface area contributed by atoms with Crippen LogP contribution >= 0.6 is 0 Å². The third kappa shape index (κ3) is 4.10. The molecule has 0 aliphatic rings. The van der Waals surface area contributed by atoms with Gasteiger partial charge in [-0.3, -0.25) is 4.72 Å². The lowest BCUT2D eigenvalue weighted by molar-refractivity contribution is 0.0696. The van der Waals surface area contributed by atoms with Crippen LogP contribution in [-0.4, -0.2) is 19.5 Å². The van der Waals surface area contributed by atoms with E-state index in [4.69, 9.17) is 5.11 Å². The fourth-order valence-corrected chi connectivity index (χ4v) is 3.23. The van der Waals surface area contributed by atoms with Gasteiger partial charge in [0.1, 0.15) is 0 Å². The standard InChI is InChI=1S/C17H19NO4S/c1-3-12(2)13-7-9-15(10-8-13)18-23(21,22)16-6-4-5-14(11-16)17(19)20/h4-12,18H,3H2,1-2H3,(H,19,20)/t12-/m1/s1. The van der Waals surface area contributed by atoms with Gasteiger partial charge in [0, 0.05) is 5.69 Å². The molecule has 2 aromatic carbocycles. The number of aromatic carboxylic acids is 1. The minimum atomic E-state index is -3.82. The van der Waals surface area contributed by atoms with E-state index in [-0.39, 0.29) is 10.5 Å². The van der Waals surface area contributed by atoms with Gasteiger partial charge in [0.2, 0.25) is 0 Å². The Balaban J connectivity index is 2.24. The van der Waals surface area contributed by atoms with E-state index in [0.29, 0.717) is 11.6 Å². The van der Waals surface area contributed by atoms with Crippen LogP contribution < -0.4 is 4.72 Å². The Morgan fingerprint density at radius 2 is 1.83 bits per heavy atom. The van der Waals surface area contributed by atoms with Gasteiger partial charge < -0.3 is 5.11 Å². The van der Waals surface area contributed by atoms with Crippen LogP contribution in [0.2, 0.25) is 0 Å². The molecule has 0 saturated heterocycles. The lowest BCUT2D eigenvalue weighted by Crippen LogP contribution is -2.13. The first-order valence-corrected chi connectivity index (χ1v) is 8.78. The predicted molar refractivity (Wildman–Crippen MR) is 89.4 cm³/mol. The van der Waals surface area contributed by atoms with E-state index in [9.17, 15) is 13.2 Å². The molecule has 0 aromatic heterocycles. The van der Waals surface area contributed by atoms with E-state index in [1.807, 2.05) is 12.1 Å². The first-order chi connectivity index (χ1) is 10.8. The van der Waals surface area contributed by atoms with Crippen molar-refractivity contribution in [3.63, 3.8) is 0 Å². The Morgan fingerprint density at radius 1 is 1.17 bits per heavy atom. The van der Waals surface area contributed by atoms with E-state index >= 15 is 0 Å². The van der Waals surface area contributed by atoms with Crippen LogP contribution in [0.1, 0.15) is 42.1 Å². The number of carboxylic acids is 1. The van der Waals surface area contributed by atoms with Crippen molar-refractivity contribution in [1.82, 2.24) is 0 Å². The normalized spacial score (nSPS) is 12.6. The second-order valence-corrected chi connectivity index (χ2v) is 7.05. The van der Waals surface area contributed by atoms with Gasteiger partial charge in [-0.1, -0.05) is 32.0 Å². The smallest absolute Gasteiger partial charge is 0.335 e. The summed E-state index contributed by atoms with van der Waals surface area (Å²) in [6, 6.07) is 12.5. The summed E-state index contributed by atoms with van der Waals surface area (Å²) in [5, 5.41) is 8.96. The van der Waals surface area contributed by atoms with Crippen LogP contribution in [-0.2, 0) is 10.0 Å². The van der Waals surface area contributed by atoms with E-state index < -0.39 is 16.0 Å². The van der Waals surface area contributed by atoms with Crippen molar-refractivity contribution in [2.24, 2.45) is 0 Å². The lowest BCUT2D eigenvalue weighted by Gasteiger charge is -2.12. The maximum Gasteiger partial charge on any atom is 0.335 e. The predicted octanol–water partition coefficient (Wildman–Crippen LogP) is 3.70. The van der Waals surface area contributed by atoms with Gasteiger partial charge in [0.15, 0.2) is 0 Å². The summed E-state index contributed by atoms with van der Waals surface area (Å²) < 4.78 is 27.2. The maximum atomic E-state index is 12.3. The molecule has 6 heteroatoms. The van der Waals surface area contributed by atoms with Gasteiger partial charge in [0.25, 0.3) is 10.0 Å². The van der Waals surface area contributed by atoms with Crippen LogP contribution in [0.15, 0.2) is 53.4 Å². The number of carboxylic acid groups (broad SMARTS) is 1. The molecular weight excluding hydrogens is 314 g/mol. The number of rotatable bonds is 6. The zero-order valence-electron chi connectivity index (χ0n) is 13.0. The number of anilines is 1. The molecule has 5 nitrogen and oxygen atoms in total. The zero-order chi connectivity index (χ0) is 17.0. The Morgan fingerprint density at radius 3 is 2.39 bits per heavy atom. The van der Waals surface area contributed by atoms with E-state index in [1.54, 1.807) is 12.1 Å². The lowest BCUT2D eigenvalue weighted by atomic mass is 9.99. The zero-order valence-corrected chi connectivity index (χ0v) is 13.8. The molecular formula is C17H19NO4S. The minimum absolute atomic E-state index is 0.0695. The fraction of sp³-hybridized carbons (Fsp3) is 0.235. The topological polar surface area (TPSA) is 83.5 Å². The number of hydrogen-bond donors (Lipinski definition) is 2. The SMILES string of the molecule is CC[C@@H](C)c1ccc(NS(=O)(=O)c2cccc(C(=O)O)c2)cc1. The van der Waals surface area contributed by atoms with Gasteiger partial charge >= 0.3 is 5.97 Å². The average Bonchev–Trinajstić information content (AvgIpc) is 2.54. The molecule has 0 amide bonds. The van der Waals surface area contributed by atoms with Crippen molar-refractivity contribution in [2.45, 2.75) is 31.1 Å². The highest BCUT2D eigenvalue weighted by atomic mass is 32.2. The van der Waals surface area contributed by atoms with Crippen LogP contribution in [0, 0.1) is 0 Å². The van der Waals surface area contributed by atoms with Crippen molar-refractivity contribution >= 4 is 21.7 Å². The Bertz CT molecular complexity index is 798. The Hall–Kier alpha value is -2.34. The van der Waals surface area contributed by atoms with Gasteiger partial charge in [-0.05, 0) is 48.2 Å². The first-order valence-electron chi connectivity index (χ1n) is 7.29. The summed E-state index contributed by atoms with van der Waals surface area (Å²) in [5.41, 5.74) is 1.51. The van der Waals surface area contributed by atoms with Gasteiger partial charge in [-0.25, -0.2) is 13.2 Å². The summed E-state index contributed by atoms with van der Waals surface area (Å²) in [5.74, 6) is -0.757. The molecule has 0 spiro atoms. The molecule has 1 atom stereocenters. The first kappa shape index (κ1) is 17.0. The molecule has 2 N–H and O–H groups in total. The van der Waals surface area contributed by atoms with Gasteiger partial charge in [-0.2, -0.15) is 0 Å². The van der Waals surface area contributed by atoms with E-state index in [0.717, 1.165) is 18.1 Å². The molecule has 2 aromatic rings.